The van der Waals surface area contributed by atoms with Crippen LogP contribution in [0.1, 0.15) is 32.3 Å². The first kappa shape index (κ1) is 12.5. The SMILES string of the molecule is CC(C)C(N)CCCc1cccc(Cl)c1. The monoisotopic (exact) mass is 225 g/mol. The number of nitrogens with two attached hydrogens (primary N) is 1. The van der Waals surface area contributed by atoms with E-state index >= 15 is 0 Å². The molecule has 2 heteroatoms. The minimum absolute atomic E-state index is 0.323. The topological polar surface area (TPSA) is 26.0 Å². The van der Waals surface area contributed by atoms with Gasteiger partial charge < -0.3 is 5.73 Å². The molecule has 0 aromatic heterocycles. The van der Waals surface area contributed by atoms with Gasteiger partial charge in [-0.1, -0.05) is 37.6 Å². The molecule has 0 saturated heterocycles. The summed E-state index contributed by atoms with van der Waals surface area (Å²) in [5.74, 6) is 0.573. The van der Waals surface area contributed by atoms with E-state index in [-0.39, 0.29) is 0 Å². The Morgan fingerprint density at radius 2 is 2.07 bits per heavy atom. The predicted molar refractivity (Wildman–Crippen MR) is 67.2 cm³/mol. The molecular formula is C13H20ClN. The summed E-state index contributed by atoms with van der Waals surface area (Å²) in [5.41, 5.74) is 7.29. The number of hydrogen-bond donors (Lipinski definition) is 1. The third-order valence-corrected chi connectivity index (χ3v) is 2.98. The molecule has 1 aromatic carbocycles. The summed E-state index contributed by atoms with van der Waals surface area (Å²) in [6, 6.07) is 8.38. The highest BCUT2D eigenvalue weighted by Crippen LogP contribution is 2.14. The first-order valence-electron chi connectivity index (χ1n) is 5.59. The maximum absolute atomic E-state index is 5.98. The molecule has 0 aliphatic heterocycles. The lowest BCUT2D eigenvalue weighted by Crippen LogP contribution is -2.26. The smallest absolute Gasteiger partial charge is 0.0408 e. The number of aryl methyl sites for hydroxylation is 1. The molecule has 1 rings (SSSR count). The van der Waals surface area contributed by atoms with Crippen molar-refractivity contribution in [2.45, 2.75) is 39.2 Å². The fraction of sp³-hybridized carbons (Fsp3) is 0.538. The molecule has 2 N–H and O–H groups in total. The van der Waals surface area contributed by atoms with E-state index < -0.39 is 0 Å². The summed E-state index contributed by atoms with van der Waals surface area (Å²) in [7, 11) is 0. The molecule has 0 amide bonds. The van der Waals surface area contributed by atoms with Crippen molar-refractivity contribution >= 4 is 11.6 Å². The van der Waals surface area contributed by atoms with Crippen LogP contribution in [0.3, 0.4) is 0 Å². The zero-order chi connectivity index (χ0) is 11.3. The Morgan fingerprint density at radius 3 is 2.67 bits per heavy atom. The van der Waals surface area contributed by atoms with Crippen LogP contribution in [0, 0.1) is 5.92 Å². The van der Waals surface area contributed by atoms with Crippen molar-refractivity contribution in [3.63, 3.8) is 0 Å². The molecule has 1 nitrogen and oxygen atoms in total. The van der Waals surface area contributed by atoms with Gasteiger partial charge in [0, 0.05) is 11.1 Å². The number of benzene rings is 1. The minimum atomic E-state index is 0.323. The van der Waals surface area contributed by atoms with Crippen LogP contribution in [0.5, 0.6) is 0 Å². The van der Waals surface area contributed by atoms with Gasteiger partial charge in [-0.05, 0) is 42.9 Å². The van der Waals surface area contributed by atoms with E-state index in [9.17, 15) is 0 Å². The van der Waals surface area contributed by atoms with Gasteiger partial charge in [0.25, 0.3) is 0 Å². The van der Waals surface area contributed by atoms with Crippen LogP contribution in [0.25, 0.3) is 0 Å². The Kier molecular flexibility index (Phi) is 5.13. The van der Waals surface area contributed by atoms with Crippen molar-refractivity contribution in [2.24, 2.45) is 11.7 Å². The standard InChI is InChI=1S/C13H20ClN/c1-10(2)13(15)8-4-6-11-5-3-7-12(14)9-11/h3,5,7,9-10,13H,4,6,8,15H2,1-2H3. The Morgan fingerprint density at radius 1 is 1.33 bits per heavy atom. The van der Waals surface area contributed by atoms with Crippen molar-refractivity contribution in [3.8, 4) is 0 Å². The third-order valence-electron chi connectivity index (χ3n) is 2.75. The molecule has 0 radical (unpaired) electrons. The molecule has 0 spiro atoms. The third kappa shape index (κ3) is 4.67. The number of rotatable bonds is 5. The summed E-state index contributed by atoms with van der Waals surface area (Å²) in [5, 5.41) is 0.820. The Labute approximate surface area is 97.6 Å². The van der Waals surface area contributed by atoms with Gasteiger partial charge in [0.2, 0.25) is 0 Å². The summed E-state index contributed by atoms with van der Waals surface area (Å²) in [4.78, 5) is 0. The molecule has 0 heterocycles. The Balaban J connectivity index is 2.32. The summed E-state index contributed by atoms with van der Waals surface area (Å²) in [6.07, 6.45) is 3.30. The van der Waals surface area contributed by atoms with Gasteiger partial charge in [-0.25, -0.2) is 0 Å². The Bertz CT molecular complexity index is 296. The molecule has 1 atom stereocenters. The van der Waals surface area contributed by atoms with Gasteiger partial charge in [-0.15, -0.1) is 0 Å². The fourth-order valence-electron chi connectivity index (χ4n) is 1.57. The molecule has 1 aromatic rings. The van der Waals surface area contributed by atoms with Gasteiger partial charge >= 0.3 is 0 Å². The van der Waals surface area contributed by atoms with Crippen LogP contribution in [0.4, 0.5) is 0 Å². The lowest BCUT2D eigenvalue weighted by molar-refractivity contribution is 0.452. The molecular weight excluding hydrogens is 206 g/mol. The highest BCUT2D eigenvalue weighted by molar-refractivity contribution is 6.30. The maximum Gasteiger partial charge on any atom is 0.0408 e. The normalized spacial score (nSPS) is 13.1. The zero-order valence-corrected chi connectivity index (χ0v) is 10.3. The van der Waals surface area contributed by atoms with Crippen molar-refractivity contribution in [3.05, 3.63) is 34.9 Å². The van der Waals surface area contributed by atoms with Gasteiger partial charge in [0.15, 0.2) is 0 Å². The van der Waals surface area contributed by atoms with Crippen LogP contribution in [-0.2, 0) is 6.42 Å². The highest BCUT2D eigenvalue weighted by atomic mass is 35.5. The molecule has 0 saturated carbocycles. The van der Waals surface area contributed by atoms with Gasteiger partial charge in [0.1, 0.15) is 0 Å². The first-order valence-corrected chi connectivity index (χ1v) is 5.97. The summed E-state index contributed by atoms with van der Waals surface area (Å²) >= 11 is 5.91. The number of halogens is 1. The lowest BCUT2D eigenvalue weighted by atomic mass is 9.98. The van der Waals surface area contributed by atoms with Crippen LogP contribution in [0.2, 0.25) is 5.02 Å². The van der Waals surface area contributed by atoms with E-state index in [2.05, 4.69) is 19.9 Å². The molecule has 84 valence electrons. The highest BCUT2D eigenvalue weighted by Gasteiger charge is 2.06. The van der Waals surface area contributed by atoms with E-state index in [1.165, 1.54) is 5.56 Å². The van der Waals surface area contributed by atoms with Crippen LogP contribution < -0.4 is 5.73 Å². The average Bonchev–Trinajstić information content (AvgIpc) is 2.17. The van der Waals surface area contributed by atoms with Crippen LogP contribution in [-0.4, -0.2) is 6.04 Å². The average molecular weight is 226 g/mol. The maximum atomic E-state index is 5.98. The van der Waals surface area contributed by atoms with E-state index in [1.807, 2.05) is 18.2 Å². The second kappa shape index (κ2) is 6.14. The molecule has 0 aliphatic carbocycles. The van der Waals surface area contributed by atoms with E-state index in [4.69, 9.17) is 17.3 Å². The number of hydrogen-bond acceptors (Lipinski definition) is 1. The molecule has 0 aliphatic rings. The minimum Gasteiger partial charge on any atom is -0.327 e. The second-order valence-corrected chi connectivity index (χ2v) is 4.87. The lowest BCUT2D eigenvalue weighted by Gasteiger charge is -2.14. The van der Waals surface area contributed by atoms with Crippen molar-refractivity contribution < 1.29 is 0 Å². The predicted octanol–water partition coefficient (Wildman–Crippen LogP) is 3.65. The zero-order valence-electron chi connectivity index (χ0n) is 9.54. The second-order valence-electron chi connectivity index (χ2n) is 4.43. The van der Waals surface area contributed by atoms with Crippen molar-refractivity contribution in [1.82, 2.24) is 0 Å². The molecule has 15 heavy (non-hydrogen) atoms. The molecule has 1 unspecified atom stereocenters. The molecule has 0 fully saturated rings. The summed E-state index contributed by atoms with van der Waals surface area (Å²) < 4.78 is 0. The van der Waals surface area contributed by atoms with E-state index in [1.54, 1.807) is 0 Å². The van der Waals surface area contributed by atoms with E-state index in [0.717, 1.165) is 24.3 Å². The fourth-order valence-corrected chi connectivity index (χ4v) is 1.78. The largest absolute Gasteiger partial charge is 0.327 e. The molecule has 0 bridgehead atoms. The first-order chi connectivity index (χ1) is 7.09. The van der Waals surface area contributed by atoms with Gasteiger partial charge in [-0.3, -0.25) is 0 Å². The van der Waals surface area contributed by atoms with E-state index in [0.29, 0.717) is 12.0 Å². The van der Waals surface area contributed by atoms with Gasteiger partial charge in [0.05, 0.1) is 0 Å². The Hall–Kier alpha value is -0.530. The van der Waals surface area contributed by atoms with Crippen LogP contribution in [0.15, 0.2) is 24.3 Å². The quantitative estimate of drug-likeness (QED) is 0.814. The van der Waals surface area contributed by atoms with Crippen LogP contribution >= 0.6 is 11.6 Å². The van der Waals surface area contributed by atoms with Gasteiger partial charge in [-0.2, -0.15) is 0 Å². The van der Waals surface area contributed by atoms with Crippen molar-refractivity contribution in [1.29, 1.82) is 0 Å². The van der Waals surface area contributed by atoms with Crippen molar-refractivity contribution in [2.75, 3.05) is 0 Å². The summed E-state index contributed by atoms with van der Waals surface area (Å²) in [6.45, 7) is 4.34.